The summed E-state index contributed by atoms with van der Waals surface area (Å²) in [6, 6.07) is 17.9. The van der Waals surface area contributed by atoms with Gasteiger partial charge in [-0.1, -0.05) is 42.5 Å². The molecule has 2 N–H and O–H groups in total. The van der Waals surface area contributed by atoms with E-state index in [4.69, 9.17) is 9.73 Å². The maximum Gasteiger partial charge on any atom is 0.194 e. The zero-order chi connectivity index (χ0) is 18.9. The summed E-state index contributed by atoms with van der Waals surface area (Å²) >= 11 is 0. The lowest BCUT2D eigenvalue weighted by atomic mass is 10.1. The number of hydrogen-bond donors (Lipinski definition) is 2. The minimum Gasteiger partial charge on any atom is -0.490 e. The molecule has 0 unspecified atom stereocenters. The van der Waals surface area contributed by atoms with Gasteiger partial charge in [0.15, 0.2) is 5.96 Å². The van der Waals surface area contributed by atoms with E-state index in [1.165, 1.54) is 0 Å². The molecular formula is C22H29N3O2. The van der Waals surface area contributed by atoms with E-state index < -0.39 is 0 Å². The molecule has 1 aliphatic rings. The first kappa shape index (κ1) is 19.2. The maximum absolute atomic E-state index is 9.50. The second kappa shape index (κ2) is 9.97. The van der Waals surface area contributed by atoms with E-state index in [0.717, 1.165) is 55.3 Å². The molecule has 144 valence electrons. The van der Waals surface area contributed by atoms with Crippen LogP contribution in [0.3, 0.4) is 0 Å². The Hall–Kier alpha value is -2.53. The van der Waals surface area contributed by atoms with Crippen molar-refractivity contribution < 1.29 is 9.84 Å². The summed E-state index contributed by atoms with van der Waals surface area (Å²) in [5.74, 6) is 1.88. The van der Waals surface area contributed by atoms with Crippen LogP contribution in [0.1, 0.15) is 30.9 Å². The van der Waals surface area contributed by atoms with Gasteiger partial charge in [0.05, 0.1) is 13.2 Å². The molecule has 0 radical (unpaired) electrons. The highest BCUT2D eigenvalue weighted by Gasteiger charge is 2.22. The third kappa shape index (κ3) is 5.47. The SMILES string of the molecule is CCNC(=NCc1ccccc1CO)N1CCC(Oc2ccccc2)CC1. The standard InChI is InChI=1S/C22H29N3O2/c1-2-23-22(24-16-18-8-6-7-9-19(18)17-26)25-14-12-21(13-15-25)27-20-10-4-3-5-11-20/h3-11,21,26H,2,12-17H2,1H3,(H,23,24). The number of nitrogens with zero attached hydrogens (tertiary/aromatic N) is 2. The van der Waals surface area contributed by atoms with Crippen molar-refractivity contribution in [3.63, 3.8) is 0 Å². The van der Waals surface area contributed by atoms with Crippen molar-refractivity contribution >= 4 is 5.96 Å². The van der Waals surface area contributed by atoms with Gasteiger partial charge < -0.3 is 20.1 Å². The molecule has 1 aliphatic heterocycles. The Bertz CT molecular complexity index is 725. The molecule has 5 nitrogen and oxygen atoms in total. The monoisotopic (exact) mass is 367 g/mol. The second-order valence-corrected chi connectivity index (χ2v) is 6.71. The Morgan fingerprint density at radius 1 is 1.07 bits per heavy atom. The number of aliphatic imine (C=N–C) groups is 1. The van der Waals surface area contributed by atoms with E-state index in [2.05, 4.69) is 17.1 Å². The zero-order valence-electron chi connectivity index (χ0n) is 16.0. The number of ether oxygens (including phenoxy) is 1. The number of aliphatic hydroxyl groups is 1. The maximum atomic E-state index is 9.50. The highest BCUT2D eigenvalue weighted by atomic mass is 16.5. The first-order valence-electron chi connectivity index (χ1n) is 9.72. The van der Waals surface area contributed by atoms with Gasteiger partial charge in [0.1, 0.15) is 11.9 Å². The number of benzene rings is 2. The smallest absolute Gasteiger partial charge is 0.194 e. The topological polar surface area (TPSA) is 57.1 Å². The van der Waals surface area contributed by atoms with Gasteiger partial charge in [0.2, 0.25) is 0 Å². The number of rotatable bonds is 6. The largest absolute Gasteiger partial charge is 0.490 e. The van der Waals surface area contributed by atoms with Crippen molar-refractivity contribution in [3.8, 4) is 5.75 Å². The Labute approximate surface area is 161 Å². The summed E-state index contributed by atoms with van der Waals surface area (Å²) in [5, 5.41) is 12.9. The number of hydrogen-bond acceptors (Lipinski definition) is 3. The predicted molar refractivity (Wildman–Crippen MR) is 109 cm³/mol. The highest BCUT2D eigenvalue weighted by molar-refractivity contribution is 5.80. The van der Waals surface area contributed by atoms with Crippen LogP contribution in [0.25, 0.3) is 0 Å². The van der Waals surface area contributed by atoms with Crippen LogP contribution in [0, 0.1) is 0 Å². The summed E-state index contributed by atoms with van der Waals surface area (Å²) in [4.78, 5) is 7.11. The molecule has 1 fully saturated rings. The Balaban J connectivity index is 1.59. The van der Waals surface area contributed by atoms with E-state index in [-0.39, 0.29) is 12.7 Å². The first-order valence-corrected chi connectivity index (χ1v) is 9.72. The van der Waals surface area contributed by atoms with Gasteiger partial charge in [0, 0.05) is 32.5 Å². The van der Waals surface area contributed by atoms with E-state index >= 15 is 0 Å². The molecule has 0 atom stereocenters. The predicted octanol–water partition coefficient (Wildman–Crippen LogP) is 3.19. The summed E-state index contributed by atoms with van der Waals surface area (Å²) in [5.41, 5.74) is 2.00. The molecule has 0 aromatic heterocycles. The summed E-state index contributed by atoms with van der Waals surface area (Å²) in [6.07, 6.45) is 2.21. The molecule has 0 spiro atoms. The average Bonchev–Trinajstić information content (AvgIpc) is 2.73. The van der Waals surface area contributed by atoms with Gasteiger partial charge in [-0.25, -0.2) is 4.99 Å². The van der Waals surface area contributed by atoms with Crippen LogP contribution in [0.15, 0.2) is 59.6 Å². The molecule has 3 rings (SSSR count). The van der Waals surface area contributed by atoms with Crippen molar-refractivity contribution in [2.24, 2.45) is 4.99 Å². The Morgan fingerprint density at radius 3 is 2.41 bits per heavy atom. The van der Waals surface area contributed by atoms with Crippen LogP contribution in [0.4, 0.5) is 0 Å². The fraction of sp³-hybridized carbons (Fsp3) is 0.409. The van der Waals surface area contributed by atoms with Gasteiger partial charge in [0.25, 0.3) is 0 Å². The van der Waals surface area contributed by atoms with Crippen molar-refractivity contribution in [2.45, 2.75) is 39.0 Å². The molecule has 5 heteroatoms. The van der Waals surface area contributed by atoms with Crippen molar-refractivity contribution in [2.75, 3.05) is 19.6 Å². The molecule has 1 heterocycles. The minimum atomic E-state index is 0.0461. The van der Waals surface area contributed by atoms with E-state index in [1.807, 2.05) is 54.6 Å². The van der Waals surface area contributed by atoms with Crippen LogP contribution >= 0.6 is 0 Å². The summed E-state index contributed by atoms with van der Waals surface area (Å²) in [7, 11) is 0. The molecule has 0 amide bonds. The molecule has 2 aromatic carbocycles. The summed E-state index contributed by atoms with van der Waals surface area (Å²) in [6.45, 7) is 5.38. The van der Waals surface area contributed by atoms with Gasteiger partial charge in [-0.15, -0.1) is 0 Å². The molecule has 0 saturated carbocycles. The Morgan fingerprint density at radius 2 is 1.74 bits per heavy atom. The lowest BCUT2D eigenvalue weighted by Crippen LogP contribution is -2.47. The first-order chi connectivity index (χ1) is 13.3. The molecule has 2 aromatic rings. The normalized spacial score (nSPS) is 15.6. The van der Waals surface area contributed by atoms with E-state index in [1.54, 1.807) is 0 Å². The number of guanidine groups is 1. The van der Waals surface area contributed by atoms with E-state index in [9.17, 15) is 5.11 Å². The van der Waals surface area contributed by atoms with Crippen LogP contribution < -0.4 is 10.1 Å². The van der Waals surface area contributed by atoms with Crippen molar-refractivity contribution in [1.29, 1.82) is 0 Å². The van der Waals surface area contributed by atoms with Gasteiger partial charge >= 0.3 is 0 Å². The van der Waals surface area contributed by atoms with Crippen LogP contribution in [0.2, 0.25) is 0 Å². The minimum absolute atomic E-state index is 0.0461. The fourth-order valence-electron chi connectivity index (χ4n) is 3.33. The van der Waals surface area contributed by atoms with Crippen molar-refractivity contribution in [1.82, 2.24) is 10.2 Å². The highest BCUT2D eigenvalue weighted by Crippen LogP contribution is 2.19. The van der Waals surface area contributed by atoms with Crippen LogP contribution in [-0.2, 0) is 13.2 Å². The number of para-hydroxylation sites is 1. The van der Waals surface area contributed by atoms with Gasteiger partial charge in [-0.2, -0.15) is 0 Å². The van der Waals surface area contributed by atoms with Crippen LogP contribution in [-0.4, -0.2) is 41.7 Å². The quantitative estimate of drug-likeness (QED) is 0.608. The lowest BCUT2D eigenvalue weighted by Gasteiger charge is -2.34. The summed E-state index contributed by atoms with van der Waals surface area (Å²) < 4.78 is 6.09. The molecular weight excluding hydrogens is 338 g/mol. The van der Waals surface area contributed by atoms with Crippen LogP contribution in [0.5, 0.6) is 5.75 Å². The molecule has 0 aliphatic carbocycles. The van der Waals surface area contributed by atoms with Crippen molar-refractivity contribution in [3.05, 3.63) is 65.7 Å². The lowest BCUT2D eigenvalue weighted by molar-refractivity contribution is 0.129. The number of nitrogens with one attached hydrogen (secondary N) is 1. The Kier molecular flexibility index (Phi) is 7.11. The van der Waals surface area contributed by atoms with Gasteiger partial charge in [-0.3, -0.25) is 0 Å². The third-order valence-corrected chi connectivity index (χ3v) is 4.81. The van der Waals surface area contributed by atoms with E-state index in [0.29, 0.717) is 6.54 Å². The fourth-order valence-corrected chi connectivity index (χ4v) is 3.33. The molecule has 1 saturated heterocycles. The average molecular weight is 367 g/mol. The third-order valence-electron chi connectivity index (χ3n) is 4.81. The van der Waals surface area contributed by atoms with Gasteiger partial charge in [-0.05, 0) is 30.2 Å². The number of aliphatic hydroxyl groups excluding tert-OH is 1. The second-order valence-electron chi connectivity index (χ2n) is 6.71. The molecule has 0 bridgehead atoms. The number of likely N-dealkylation sites (tertiary alicyclic amines) is 1. The number of piperidine rings is 1. The molecule has 27 heavy (non-hydrogen) atoms. The zero-order valence-corrected chi connectivity index (χ0v) is 16.0.